The Morgan fingerprint density at radius 1 is 1.04 bits per heavy atom. The second kappa shape index (κ2) is 12.3. The van der Waals surface area contributed by atoms with E-state index in [0.29, 0.717) is 23.9 Å². The largest absolute Gasteiger partial charge is 0.497 e. The lowest BCUT2D eigenvalue weighted by atomic mass is 10.2. The zero-order valence-electron chi connectivity index (χ0n) is 16.1. The SMILES string of the molecule is C=C(N)COc1ccc(SN(Cc2ccc(OC)cc2)C(=C)S)cc1.CC. The summed E-state index contributed by atoms with van der Waals surface area (Å²) in [5.41, 5.74) is 7.14. The Bertz CT molecular complexity index is 716. The smallest absolute Gasteiger partial charge is 0.127 e. The maximum atomic E-state index is 5.50. The highest BCUT2D eigenvalue weighted by molar-refractivity contribution is 7.98. The van der Waals surface area contributed by atoms with Gasteiger partial charge in [0.05, 0.1) is 18.7 Å². The fraction of sp³-hybridized carbons (Fsp3) is 0.238. The van der Waals surface area contributed by atoms with Crippen LogP contribution in [0.2, 0.25) is 0 Å². The lowest BCUT2D eigenvalue weighted by molar-refractivity contribution is 0.351. The highest BCUT2D eigenvalue weighted by Crippen LogP contribution is 2.30. The topological polar surface area (TPSA) is 47.7 Å². The van der Waals surface area contributed by atoms with Gasteiger partial charge in [0.15, 0.2) is 0 Å². The molecule has 0 fully saturated rings. The predicted octanol–water partition coefficient (Wildman–Crippen LogP) is 5.48. The standard InChI is InChI=1S/C19H22N2O2S2.C2H6/c1-14(20)13-23-18-8-10-19(11-9-18)25-21(15(2)24)12-16-4-6-17(22-3)7-5-16;1-2/h4-11,24H,1-2,12-13,20H2,3H3;1-2H3. The Hall–Kier alpha value is -2.18. The second-order valence-electron chi connectivity index (χ2n) is 5.31. The van der Waals surface area contributed by atoms with Crippen molar-refractivity contribution in [2.24, 2.45) is 5.73 Å². The lowest BCUT2D eigenvalue weighted by Gasteiger charge is -2.22. The number of hydrogen-bond donors (Lipinski definition) is 2. The summed E-state index contributed by atoms with van der Waals surface area (Å²) in [4.78, 5) is 1.06. The normalized spacial score (nSPS) is 9.63. The van der Waals surface area contributed by atoms with Crippen molar-refractivity contribution in [3.8, 4) is 11.5 Å². The van der Waals surface area contributed by atoms with Crippen molar-refractivity contribution in [1.82, 2.24) is 4.31 Å². The van der Waals surface area contributed by atoms with Crippen molar-refractivity contribution in [3.05, 3.63) is 78.0 Å². The number of nitrogens with two attached hydrogens (primary N) is 1. The Kier molecular flexibility index (Phi) is 10.4. The molecule has 2 aromatic carbocycles. The van der Waals surface area contributed by atoms with E-state index < -0.39 is 0 Å². The van der Waals surface area contributed by atoms with Crippen molar-refractivity contribution in [2.45, 2.75) is 25.3 Å². The monoisotopic (exact) mass is 404 g/mol. The van der Waals surface area contributed by atoms with Crippen LogP contribution >= 0.6 is 24.6 Å². The summed E-state index contributed by atoms with van der Waals surface area (Å²) >= 11 is 5.97. The number of nitrogens with zero attached hydrogens (tertiary/aromatic N) is 1. The fourth-order valence-corrected chi connectivity index (χ4v) is 3.00. The molecule has 2 aromatic rings. The molecule has 0 bridgehead atoms. The molecule has 0 atom stereocenters. The van der Waals surface area contributed by atoms with Crippen LogP contribution in [0.3, 0.4) is 0 Å². The quantitative estimate of drug-likeness (QED) is 0.428. The molecule has 0 aliphatic heterocycles. The molecule has 2 N–H and O–H groups in total. The van der Waals surface area contributed by atoms with Gasteiger partial charge in [0.25, 0.3) is 0 Å². The zero-order valence-corrected chi connectivity index (χ0v) is 17.9. The van der Waals surface area contributed by atoms with E-state index in [1.165, 1.54) is 0 Å². The van der Waals surface area contributed by atoms with Gasteiger partial charge >= 0.3 is 0 Å². The maximum Gasteiger partial charge on any atom is 0.127 e. The molecule has 0 amide bonds. The molecule has 0 aliphatic rings. The first-order valence-electron chi connectivity index (χ1n) is 8.60. The molecule has 0 spiro atoms. The van der Waals surface area contributed by atoms with Gasteiger partial charge in [-0.15, -0.1) is 12.6 Å². The first-order chi connectivity index (χ1) is 13.0. The van der Waals surface area contributed by atoms with Crippen LogP contribution in [-0.2, 0) is 6.54 Å². The molecular weight excluding hydrogens is 376 g/mol. The average molecular weight is 405 g/mol. The molecule has 0 saturated heterocycles. The molecule has 6 heteroatoms. The molecule has 0 aliphatic carbocycles. The van der Waals surface area contributed by atoms with Crippen LogP contribution in [0, 0.1) is 0 Å². The summed E-state index contributed by atoms with van der Waals surface area (Å²) in [6.07, 6.45) is 0. The Morgan fingerprint density at radius 3 is 2.07 bits per heavy atom. The minimum atomic E-state index is 0.309. The van der Waals surface area contributed by atoms with Crippen LogP contribution in [0.15, 0.2) is 77.3 Å². The van der Waals surface area contributed by atoms with E-state index in [2.05, 4.69) is 25.8 Å². The van der Waals surface area contributed by atoms with Crippen LogP contribution in [0.4, 0.5) is 0 Å². The van der Waals surface area contributed by atoms with E-state index in [9.17, 15) is 0 Å². The molecule has 0 unspecified atom stereocenters. The minimum absolute atomic E-state index is 0.309. The number of hydrogen-bond acceptors (Lipinski definition) is 6. The zero-order chi connectivity index (χ0) is 20.2. The third-order valence-electron chi connectivity index (χ3n) is 3.24. The van der Waals surface area contributed by atoms with E-state index in [1.807, 2.05) is 66.7 Å². The second-order valence-corrected chi connectivity index (χ2v) is 6.92. The Labute approximate surface area is 172 Å². The van der Waals surface area contributed by atoms with Gasteiger partial charge in [-0.2, -0.15) is 0 Å². The van der Waals surface area contributed by atoms with E-state index in [-0.39, 0.29) is 0 Å². The molecular formula is C21H28N2O2S2. The molecule has 27 heavy (non-hydrogen) atoms. The fourth-order valence-electron chi connectivity index (χ4n) is 1.97. The average Bonchev–Trinajstić information content (AvgIpc) is 2.69. The predicted molar refractivity (Wildman–Crippen MR) is 119 cm³/mol. The third-order valence-corrected chi connectivity index (χ3v) is 4.67. The van der Waals surface area contributed by atoms with Gasteiger partial charge in [-0.05, 0) is 53.9 Å². The molecule has 0 radical (unpaired) electrons. The van der Waals surface area contributed by atoms with Crippen LogP contribution in [0.1, 0.15) is 19.4 Å². The third kappa shape index (κ3) is 8.37. The van der Waals surface area contributed by atoms with Crippen LogP contribution < -0.4 is 15.2 Å². The first kappa shape index (κ1) is 22.9. The summed E-state index contributed by atoms with van der Waals surface area (Å²) in [7, 11) is 1.66. The number of ether oxygens (including phenoxy) is 2. The van der Waals surface area contributed by atoms with Crippen LogP contribution in [0.25, 0.3) is 0 Å². The lowest BCUT2D eigenvalue weighted by Crippen LogP contribution is -2.11. The first-order valence-corrected chi connectivity index (χ1v) is 9.82. The van der Waals surface area contributed by atoms with Gasteiger partial charge in [-0.3, -0.25) is 0 Å². The van der Waals surface area contributed by atoms with Crippen molar-refractivity contribution >= 4 is 24.6 Å². The van der Waals surface area contributed by atoms with Gasteiger partial charge in [0.2, 0.25) is 0 Å². The molecule has 0 heterocycles. The van der Waals surface area contributed by atoms with Crippen LogP contribution in [-0.4, -0.2) is 18.0 Å². The molecule has 0 saturated carbocycles. The van der Waals surface area contributed by atoms with Crippen LogP contribution in [0.5, 0.6) is 11.5 Å². The number of thiol groups is 1. The highest BCUT2D eigenvalue weighted by Gasteiger charge is 2.09. The van der Waals surface area contributed by atoms with Crippen molar-refractivity contribution in [2.75, 3.05) is 13.7 Å². The van der Waals surface area contributed by atoms with Crippen molar-refractivity contribution in [1.29, 1.82) is 0 Å². The highest BCUT2D eigenvalue weighted by atomic mass is 32.2. The molecule has 2 rings (SSSR count). The number of rotatable bonds is 9. The summed E-state index contributed by atoms with van der Waals surface area (Å²) in [5, 5.41) is 0.681. The maximum absolute atomic E-state index is 5.50. The van der Waals surface area contributed by atoms with E-state index in [0.717, 1.165) is 22.0 Å². The number of benzene rings is 2. The minimum Gasteiger partial charge on any atom is -0.497 e. The summed E-state index contributed by atoms with van der Waals surface area (Å²) in [6.45, 7) is 12.5. The van der Waals surface area contributed by atoms with Crippen molar-refractivity contribution < 1.29 is 9.47 Å². The van der Waals surface area contributed by atoms with Gasteiger partial charge < -0.3 is 19.5 Å². The Balaban J connectivity index is 0.00000176. The number of methoxy groups -OCH3 is 1. The Morgan fingerprint density at radius 2 is 1.59 bits per heavy atom. The van der Waals surface area contributed by atoms with Gasteiger partial charge in [-0.25, -0.2) is 0 Å². The molecule has 4 nitrogen and oxygen atoms in total. The summed E-state index contributed by atoms with van der Waals surface area (Å²) in [5.74, 6) is 1.59. The van der Waals surface area contributed by atoms with E-state index in [4.69, 9.17) is 15.2 Å². The summed E-state index contributed by atoms with van der Waals surface area (Å²) in [6, 6.07) is 15.7. The van der Waals surface area contributed by atoms with Gasteiger partial charge in [-0.1, -0.05) is 39.1 Å². The van der Waals surface area contributed by atoms with E-state index in [1.54, 1.807) is 19.1 Å². The summed E-state index contributed by atoms with van der Waals surface area (Å²) < 4.78 is 12.7. The van der Waals surface area contributed by atoms with Crippen molar-refractivity contribution in [3.63, 3.8) is 0 Å². The molecule has 0 aromatic heterocycles. The van der Waals surface area contributed by atoms with Gasteiger partial charge in [0, 0.05) is 10.6 Å². The van der Waals surface area contributed by atoms with E-state index >= 15 is 0 Å². The van der Waals surface area contributed by atoms with Gasteiger partial charge in [0.1, 0.15) is 18.1 Å². The molecule has 146 valence electrons.